The molecule has 0 aliphatic heterocycles. The van der Waals surface area contributed by atoms with Crippen molar-refractivity contribution in [2.24, 2.45) is 4.99 Å². The van der Waals surface area contributed by atoms with Gasteiger partial charge in [-0.05, 0) is 43.7 Å². The maximum atomic E-state index is 14.5. The van der Waals surface area contributed by atoms with Crippen LogP contribution in [0.3, 0.4) is 0 Å². The van der Waals surface area contributed by atoms with Crippen molar-refractivity contribution in [2.45, 2.75) is 26.9 Å². The Labute approximate surface area is 174 Å². The van der Waals surface area contributed by atoms with E-state index in [1.807, 2.05) is 32.0 Å². The lowest BCUT2D eigenvalue weighted by Gasteiger charge is -2.11. The first-order chi connectivity index (χ1) is 12.7. The largest absolute Gasteiger partial charge is 0.467 e. The van der Waals surface area contributed by atoms with E-state index in [1.54, 1.807) is 29.3 Å². The van der Waals surface area contributed by atoms with Gasteiger partial charge in [-0.1, -0.05) is 6.07 Å². The van der Waals surface area contributed by atoms with Crippen LogP contribution in [0.25, 0.3) is 5.69 Å². The maximum Gasteiger partial charge on any atom is 0.191 e. The molecule has 144 valence electrons. The number of imidazole rings is 1. The first-order valence-corrected chi connectivity index (χ1v) is 8.50. The topological polar surface area (TPSA) is 67.4 Å². The number of nitrogens with one attached hydrogen (secondary N) is 2. The second-order valence-corrected chi connectivity index (χ2v) is 5.76. The van der Waals surface area contributed by atoms with Gasteiger partial charge in [0.1, 0.15) is 17.4 Å². The Morgan fingerprint density at radius 3 is 2.78 bits per heavy atom. The average Bonchev–Trinajstić information content (AvgIpc) is 3.29. The highest BCUT2D eigenvalue weighted by Crippen LogP contribution is 2.17. The Hall–Kier alpha value is -2.36. The van der Waals surface area contributed by atoms with Gasteiger partial charge in [0.2, 0.25) is 0 Å². The highest BCUT2D eigenvalue weighted by Gasteiger charge is 2.08. The summed E-state index contributed by atoms with van der Waals surface area (Å²) in [7, 11) is 0. The van der Waals surface area contributed by atoms with E-state index in [-0.39, 0.29) is 29.8 Å². The van der Waals surface area contributed by atoms with Gasteiger partial charge in [0.15, 0.2) is 5.96 Å². The number of benzene rings is 1. The number of guanidine groups is 1. The minimum atomic E-state index is -0.299. The lowest BCUT2D eigenvalue weighted by molar-refractivity contribution is 0.501. The van der Waals surface area contributed by atoms with Gasteiger partial charge in [-0.15, -0.1) is 24.0 Å². The average molecular weight is 483 g/mol. The smallest absolute Gasteiger partial charge is 0.191 e. The van der Waals surface area contributed by atoms with Crippen molar-refractivity contribution in [1.82, 2.24) is 20.2 Å². The van der Waals surface area contributed by atoms with Crippen molar-refractivity contribution in [2.75, 3.05) is 6.54 Å². The summed E-state index contributed by atoms with van der Waals surface area (Å²) >= 11 is 0. The molecule has 0 spiro atoms. The molecule has 3 aromatic rings. The Morgan fingerprint density at radius 1 is 1.30 bits per heavy atom. The van der Waals surface area contributed by atoms with Crippen LogP contribution in [-0.4, -0.2) is 22.1 Å². The second kappa shape index (κ2) is 10.1. The van der Waals surface area contributed by atoms with Gasteiger partial charge >= 0.3 is 0 Å². The fourth-order valence-corrected chi connectivity index (χ4v) is 2.57. The summed E-state index contributed by atoms with van der Waals surface area (Å²) in [4.78, 5) is 8.63. The van der Waals surface area contributed by atoms with E-state index in [1.165, 1.54) is 6.07 Å². The van der Waals surface area contributed by atoms with E-state index < -0.39 is 0 Å². The number of aromatic nitrogens is 2. The first-order valence-electron chi connectivity index (χ1n) is 8.50. The number of nitrogens with zero attached hydrogens (tertiary/aromatic N) is 3. The van der Waals surface area contributed by atoms with Crippen molar-refractivity contribution in [3.8, 4) is 5.69 Å². The highest BCUT2D eigenvalue weighted by atomic mass is 127. The monoisotopic (exact) mass is 483 g/mol. The maximum absolute atomic E-state index is 14.5. The summed E-state index contributed by atoms with van der Waals surface area (Å²) in [6.07, 6.45) is 5.03. The number of aryl methyl sites for hydroxylation is 1. The van der Waals surface area contributed by atoms with Crippen molar-refractivity contribution in [1.29, 1.82) is 0 Å². The van der Waals surface area contributed by atoms with Crippen LogP contribution in [0, 0.1) is 12.7 Å². The molecule has 1 aromatic carbocycles. The molecule has 0 aliphatic rings. The predicted molar refractivity (Wildman–Crippen MR) is 114 cm³/mol. The van der Waals surface area contributed by atoms with E-state index in [0.717, 1.165) is 23.7 Å². The summed E-state index contributed by atoms with van der Waals surface area (Å²) < 4.78 is 21.5. The zero-order chi connectivity index (χ0) is 18.4. The Kier molecular flexibility index (Phi) is 7.83. The minimum absolute atomic E-state index is 0. The zero-order valence-corrected chi connectivity index (χ0v) is 17.6. The summed E-state index contributed by atoms with van der Waals surface area (Å²) in [5.41, 5.74) is 1.27. The molecule has 3 rings (SSSR count). The third-order valence-corrected chi connectivity index (χ3v) is 3.87. The van der Waals surface area contributed by atoms with Crippen LogP contribution < -0.4 is 10.6 Å². The lowest BCUT2D eigenvalue weighted by Crippen LogP contribution is -2.36. The van der Waals surface area contributed by atoms with Gasteiger partial charge < -0.3 is 19.6 Å². The van der Waals surface area contributed by atoms with E-state index in [2.05, 4.69) is 20.6 Å². The van der Waals surface area contributed by atoms with Gasteiger partial charge in [0.25, 0.3) is 0 Å². The fourth-order valence-electron chi connectivity index (χ4n) is 2.57. The Balaban J connectivity index is 0.00000261. The summed E-state index contributed by atoms with van der Waals surface area (Å²) in [5, 5.41) is 6.35. The number of halogens is 2. The zero-order valence-electron chi connectivity index (χ0n) is 15.3. The van der Waals surface area contributed by atoms with Crippen molar-refractivity contribution in [3.63, 3.8) is 0 Å². The molecule has 2 N–H and O–H groups in total. The van der Waals surface area contributed by atoms with Gasteiger partial charge in [-0.2, -0.15) is 0 Å². The van der Waals surface area contributed by atoms with Crippen LogP contribution in [-0.2, 0) is 13.1 Å². The van der Waals surface area contributed by atoms with Gasteiger partial charge in [0.05, 0.1) is 25.0 Å². The van der Waals surface area contributed by atoms with Crippen molar-refractivity contribution in [3.05, 3.63) is 72.0 Å². The van der Waals surface area contributed by atoms with Gasteiger partial charge in [-0.3, -0.25) is 0 Å². The van der Waals surface area contributed by atoms with Crippen LogP contribution >= 0.6 is 24.0 Å². The Morgan fingerprint density at radius 2 is 2.15 bits per heavy atom. The third kappa shape index (κ3) is 5.56. The predicted octanol–water partition coefficient (Wildman–Crippen LogP) is 3.79. The number of furan rings is 1. The molecule has 0 unspecified atom stereocenters. The molecule has 0 bridgehead atoms. The molecular formula is C19H23FIN5O. The first kappa shape index (κ1) is 20.9. The summed E-state index contributed by atoms with van der Waals surface area (Å²) in [6.45, 7) is 5.47. The van der Waals surface area contributed by atoms with Crippen LogP contribution in [0.1, 0.15) is 24.1 Å². The Bertz CT molecular complexity index is 876. The quantitative estimate of drug-likeness (QED) is 0.318. The highest BCUT2D eigenvalue weighted by molar-refractivity contribution is 14.0. The molecule has 0 radical (unpaired) electrons. The molecule has 0 aliphatic carbocycles. The third-order valence-electron chi connectivity index (χ3n) is 3.87. The molecule has 2 aromatic heterocycles. The number of rotatable bonds is 6. The SMILES string of the molecule is CCNC(=NCc1ccc(-n2ccnc2C)c(F)c1)NCc1ccco1.I. The lowest BCUT2D eigenvalue weighted by atomic mass is 10.2. The molecule has 27 heavy (non-hydrogen) atoms. The summed E-state index contributed by atoms with van der Waals surface area (Å²) in [6, 6.07) is 8.86. The number of hydrogen-bond acceptors (Lipinski definition) is 3. The van der Waals surface area contributed by atoms with E-state index in [9.17, 15) is 4.39 Å². The van der Waals surface area contributed by atoms with Crippen LogP contribution in [0.4, 0.5) is 4.39 Å². The van der Waals surface area contributed by atoms with E-state index in [0.29, 0.717) is 24.7 Å². The molecule has 0 atom stereocenters. The molecule has 8 heteroatoms. The normalized spacial score (nSPS) is 11.1. The second-order valence-electron chi connectivity index (χ2n) is 5.76. The van der Waals surface area contributed by atoms with Crippen molar-refractivity contribution < 1.29 is 8.81 Å². The molecule has 0 saturated carbocycles. The van der Waals surface area contributed by atoms with Crippen LogP contribution in [0.5, 0.6) is 0 Å². The molecule has 2 heterocycles. The van der Waals surface area contributed by atoms with Crippen LogP contribution in [0.2, 0.25) is 0 Å². The number of aliphatic imine (C=N–C) groups is 1. The van der Waals surface area contributed by atoms with Gasteiger partial charge in [0, 0.05) is 18.9 Å². The van der Waals surface area contributed by atoms with Gasteiger partial charge in [-0.25, -0.2) is 14.4 Å². The molecular weight excluding hydrogens is 460 g/mol. The number of hydrogen-bond donors (Lipinski definition) is 2. The molecule has 6 nitrogen and oxygen atoms in total. The molecule has 0 saturated heterocycles. The van der Waals surface area contributed by atoms with Crippen molar-refractivity contribution >= 4 is 29.9 Å². The van der Waals surface area contributed by atoms with Crippen LogP contribution in [0.15, 0.2) is 58.4 Å². The molecule has 0 amide bonds. The fraction of sp³-hybridized carbons (Fsp3) is 0.263. The summed E-state index contributed by atoms with van der Waals surface area (Å²) in [5.74, 6) is 1.92. The standard InChI is InChI=1S/C19H22FN5O.HI/c1-3-21-19(24-13-16-5-4-10-26-16)23-12-15-6-7-18(17(20)11-15)25-9-8-22-14(25)2;/h4-11H,3,12-13H2,1-2H3,(H2,21,23,24);1H. The molecule has 0 fully saturated rings. The minimum Gasteiger partial charge on any atom is -0.467 e. The van der Waals surface area contributed by atoms with E-state index in [4.69, 9.17) is 4.42 Å². The van der Waals surface area contributed by atoms with E-state index >= 15 is 0 Å².